The second-order valence-corrected chi connectivity index (χ2v) is 8.78. The Hall–Kier alpha value is -2.05. The van der Waals surface area contributed by atoms with Gasteiger partial charge in [-0.05, 0) is 50.3 Å². The van der Waals surface area contributed by atoms with Crippen molar-refractivity contribution in [2.24, 2.45) is 0 Å². The maximum absolute atomic E-state index is 12.8. The molecule has 1 N–H and O–H groups in total. The molecule has 1 amide bonds. The molecule has 162 valence electrons. The SMILES string of the molecule is O=C(NCCCn1ccnc1)c1cc(Cl)ccc1OC1CCN(C2CCCC2)CC1. The van der Waals surface area contributed by atoms with E-state index in [0.717, 1.165) is 44.9 Å². The Bertz CT molecular complexity index is 813. The number of carbonyl (C=O) groups is 1. The van der Waals surface area contributed by atoms with Gasteiger partial charge in [0.15, 0.2) is 0 Å². The van der Waals surface area contributed by atoms with Gasteiger partial charge in [-0.2, -0.15) is 0 Å². The number of piperidine rings is 1. The Morgan fingerprint density at radius 3 is 2.73 bits per heavy atom. The lowest BCUT2D eigenvalue weighted by atomic mass is 10.0. The standard InChI is InChI=1S/C23H31ClN4O2/c24-18-6-7-22(30-20-8-13-28(14-9-20)19-4-1-2-5-19)21(16-18)23(29)26-10-3-12-27-15-11-25-17-27/h6-7,11,15-17,19-20H,1-5,8-10,12-14H2,(H,26,29). The van der Waals surface area contributed by atoms with Crippen molar-refractivity contribution in [2.45, 2.75) is 63.6 Å². The Morgan fingerprint density at radius 2 is 2.00 bits per heavy atom. The average Bonchev–Trinajstić information content (AvgIpc) is 3.47. The highest BCUT2D eigenvalue weighted by Crippen LogP contribution is 2.29. The predicted molar refractivity (Wildman–Crippen MR) is 118 cm³/mol. The predicted octanol–water partition coefficient (Wildman–Crippen LogP) is 4.14. The van der Waals surface area contributed by atoms with Gasteiger partial charge < -0.3 is 19.5 Å². The maximum Gasteiger partial charge on any atom is 0.255 e. The molecule has 1 saturated heterocycles. The van der Waals surface area contributed by atoms with Crippen LogP contribution in [0.25, 0.3) is 0 Å². The number of hydrogen-bond donors (Lipinski definition) is 1. The van der Waals surface area contributed by atoms with Gasteiger partial charge in [-0.25, -0.2) is 4.98 Å². The lowest BCUT2D eigenvalue weighted by Crippen LogP contribution is -2.43. The topological polar surface area (TPSA) is 59.4 Å². The fourth-order valence-electron chi connectivity index (χ4n) is 4.57. The number of rotatable bonds is 8. The molecule has 2 fully saturated rings. The van der Waals surface area contributed by atoms with Gasteiger partial charge in [-0.3, -0.25) is 4.79 Å². The molecule has 1 aromatic carbocycles. The second-order valence-electron chi connectivity index (χ2n) is 8.34. The number of nitrogens with zero attached hydrogens (tertiary/aromatic N) is 3. The molecular formula is C23H31ClN4O2. The third-order valence-corrected chi connectivity index (χ3v) is 6.47. The minimum Gasteiger partial charge on any atom is -0.489 e. The summed E-state index contributed by atoms with van der Waals surface area (Å²) in [6.07, 6.45) is 13.9. The summed E-state index contributed by atoms with van der Waals surface area (Å²) in [4.78, 5) is 19.4. The number of ether oxygens (including phenoxy) is 1. The maximum atomic E-state index is 12.8. The minimum absolute atomic E-state index is 0.137. The zero-order valence-corrected chi connectivity index (χ0v) is 18.2. The van der Waals surface area contributed by atoms with E-state index in [4.69, 9.17) is 16.3 Å². The first kappa shape index (κ1) is 21.2. The highest BCUT2D eigenvalue weighted by atomic mass is 35.5. The first-order valence-corrected chi connectivity index (χ1v) is 11.5. The van der Waals surface area contributed by atoms with Gasteiger partial charge in [0.25, 0.3) is 5.91 Å². The van der Waals surface area contributed by atoms with Gasteiger partial charge in [0.1, 0.15) is 11.9 Å². The summed E-state index contributed by atoms with van der Waals surface area (Å²) in [7, 11) is 0. The molecule has 7 heteroatoms. The van der Waals surface area contributed by atoms with Crippen molar-refractivity contribution in [1.82, 2.24) is 19.8 Å². The van der Waals surface area contributed by atoms with E-state index in [2.05, 4.69) is 15.2 Å². The molecule has 2 aliphatic rings. The summed E-state index contributed by atoms with van der Waals surface area (Å²) in [6, 6.07) is 6.09. The number of likely N-dealkylation sites (tertiary alicyclic amines) is 1. The van der Waals surface area contributed by atoms with E-state index in [1.807, 2.05) is 16.8 Å². The molecule has 0 unspecified atom stereocenters. The first-order valence-electron chi connectivity index (χ1n) is 11.1. The number of carbonyl (C=O) groups excluding carboxylic acids is 1. The van der Waals surface area contributed by atoms with Crippen LogP contribution >= 0.6 is 11.6 Å². The third kappa shape index (κ3) is 5.55. The van der Waals surface area contributed by atoms with Crippen LogP contribution in [0, 0.1) is 0 Å². The molecule has 4 rings (SSSR count). The molecule has 1 aliphatic heterocycles. The number of halogens is 1. The van der Waals surface area contributed by atoms with Crippen LogP contribution in [0.1, 0.15) is 55.3 Å². The summed E-state index contributed by atoms with van der Waals surface area (Å²) >= 11 is 6.17. The average molecular weight is 431 g/mol. The van der Waals surface area contributed by atoms with Gasteiger partial charge in [-0.15, -0.1) is 0 Å². The van der Waals surface area contributed by atoms with Crippen LogP contribution in [-0.2, 0) is 6.54 Å². The van der Waals surface area contributed by atoms with Crippen LogP contribution < -0.4 is 10.1 Å². The molecule has 0 atom stereocenters. The molecule has 30 heavy (non-hydrogen) atoms. The van der Waals surface area contributed by atoms with E-state index in [9.17, 15) is 4.79 Å². The van der Waals surface area contributed by atoms with E-state index in [1.165, 1.54) is 25.7 Å². The number of aryl methyl sites for hydroxylation is 1. The molecule has 0 bridgehead atoms. The Kier molecular flexibility index (Phi) is 7.28. The van der Waals surface area contributed by atoms with Crippen molar-refractivity contribution in [2.75, 3.05) is 19.6 Å². The lowest BCUT2D eigenvalue weighted by molar-refractivity contribution is 0.0750. The van der Waals surface area contributed by atoms with Gasteiger partial charge in [0.2, 0.25) is 0 Å². The summed E-state index contributed by atoms with van der Waals surface area (Å²) in [6.45, 7) is 3.57. The van der Waals surface area contributed by atoms with E-state index >= 15 is 0 Å². The number of aromatic nitrogens is 2. The minimum atomic E-state index is -0.137. The van der Waals surface area contributed by atoms with E-state index in [-0.39, 0.29) is 12.0 Å². The Balaban J connectivity index is 1.29. The first-order chi connectivity index (χ1) is 14.7. The van der Waals surface area contributed by atoms with E-state index < -0.39 is 0 Å². The van der Waals surface area contributed by atoms with Crippen molar-refractivity contribution in [3.05, 3.63) is 47.5 Å². The van der Waals surface area contributed by atoms with Gasteiger partial charge in [0.05, 0.1) is 11.9 Å². The van der Waals surface area contributed by atoms with Crippen LogP contribution in [0.5, 0.6) is 5.75 Å². The fraction of sp³-hybridized carbons (Fsp3) is 0.565. The largest absolute Gasteiger partial charge is 0.489 e. The van der Waals surface area contributed by atoms with Crippen molar-refractivity contribution in [1.29, 1.82) is 0 Å². The Labute approximate surface area is 183 Å². The number of nitrogens with one attached hydrogen (secondary N) is 1. The van der Waals surface area contributed by atoms with Crippen LogP contribution in [0.3, 0.4) is 0 Å². The van der Waals surface area contributed by atoms with Crippen LogP contribution in [0.15, 0.2) is 36.9 Å². The van der Waals surface area contributed by atoms with Crippen LogP contribution in [0.4, 0.5) is 0 Å². The molecule has 1 aliphatic carbocycles. The highest BCUT2D eigenvalue weighted by molar-refractivity contribution is 6.31. The van der Waals surface area contributed by atoms with Crippen molar-refractivity contribution >= 4 is 17.5 Å². The van der Waals surface area contributed by atoms with E-state index in [0.29, 0.717) is 22.9 Å². The Morgan fingerprint density at radius 1 is 1.20 bits per heavy atom. The van der Waals surface area contributed by atoms with Gasteiger partial charge in [-0.1, -0.05) is 24.4 Å². The zero-order chi connectivity index (χ0) is 20.8. The molecule has 0 spiro atoms. The van der Waals surface area contributed by atoms with E-state index in [1.54, 1.807) is 24.7 Å². The van der Waals surface area contributed by atoms with Crippen molar-refractivity contribution in [3.63, 3.8) is 0 Å². The normalized spacial score (nSPS) is 18.6. The quantitative estimate of drug-likeness (QED) is 0.639. The molecule has 6 nitrogen and oxygen atoms in total. The van der Waals surface area contributed by atoms with Crippen molar-refractivity contribution in [3.8, 4) is 5.75 Å². The smallest absolute Gasteiger partial charge is 0.255 e. The number of amides is 1. The molecule has 0 radical (unpaired) electrons. The summed E-state index contributed by atoms with van der Waals surface area (Å²) in [5.74, 6) is 0.493. The number of hydrogen-bond acceptors (Lipinski definition) is 4. The number of benzene rings is 1. The summed E-state index contributed by atoms with van der Waals surface area (Å²) in [5.41, 5.74) is 0.517. The lowest BCUT2D eigenvalue weighted by Gasteiger charge is -2.36. The molecule has 1 aromatic heterocycles. The summed E-state index contributed by atoms with van der Waals surface area (Å²) < 4.78 is 8.28. The molecule has 2 aromatic rings. The summed E-state index contributed by atoms with van der Waals surface area (Å²) in [5, 5.41) is 3.53. The fourth-order valence-corrected chi connectivity index (χ4v) is 4.74. The molecule has 1 saturated carbocycles. The third-order valence-electron chi connectivity index (χ3n) is 6.24. The monoisotopic (exact) mass is 430 g/mol. The highest BCUT2D eigenvalue weighted by Gasteiger charge is 2.28. The van der Waals surface area contributed by atoms with Gasteiger partial charge >= 0.3 is 0 Å². The number of imidazole rings is 1. The molecule has 2 heterocycles. The second kappa shape index (κ2) is 10.3. The zero-order valence-electron chi connectivity index (χ0n) is 17.4. The van der Waals surface area contributed by atoms with Crippen molar-refractivity contribution < 1.29 is 9.53 Å². The van der Waals surface area contributed by atoms with Gasteiger partial charge in [0, 0.05) is 49.6 Å². The van der Waals surface area contributed by atoms with Crippen LogP contribution in [0.2, 0.25) is 5.02 Å². The molecular weight excluding hydrogens is 400 g/mol. The van der Waals surface area contributed by atoms with Crippen LogP contribution in [-0.4, -0.2) is 52.1 Å².